The van der Waals surface area contributed by atoms with E-state index in [1.165, 1.54) is 0 Å². The van der Waals surface area contributed by atoms with Crippen LogP contribution < -0.4 is 5.32 Å². The number of amides is 2. The number of carbonyl (C=O) groups is 2. The minimum absolute atomic E-state index is 0.111. The summed E-state index contributed by atoms with van der Waals surface area (Å²) in [5.41, 5.74) is 1.78. The van der Waals surface area contributed by atoms with Gasteiger partial charge in [-0.05, 0) is 13.0 Å². The molecule has 8 heteroatoms. The molecule has 1 N–H and O–H groups in total. The fourth-order valence-corrected chi connectivity index (χ4v) is 3.75. The summed E-state index contributed by atoms with van der Waals surface area (Å²) in [6, 6.07) is 18.2. The Bertz CT molecular complexity index is 1070. The minimum atomic E-state index is -0.470. The topological polar surface area (TPSA) is 84.7 Å². The lowest BCUT2D eigenvalue weighted by atomic mass is 10.1. The van der Waals surface area contributed by atoms with E-state index in [0.717, 1.165) is 11.1 Å². The zero-order valence-corrected chi connectivity index (χ0v) is 17.7. The van der Waals surface area contributed by atoms with Crippen LogP contribution in [-0.4, -0.2) is 47.6 Å². The van der Waals surface area contributed by atoms with Gasteiger partial charge in [0.2, 0.25) is 5.91 Å². The molecule has 2 amide bonds. The fraction of sp³-hybridized carbons (Fsp3) is 0.261. The summed E-state index contributed by atoms with van der Waals surface area (Å²) in [7, 11) is 0. The number of benzene rings is 2. The van der Waals surface area contributed by atoms with Crippen molar-refractivity contribution in [3.05, 3.63) is 76.9 Å². The Morgan fingerprint density at radius 3 is 2.68 bits per heavy atom. The van der Waals surface area contributed by atoms with Gasteiger partial charge in [-0.25, -0.2) is 0 Å². The summed E-state index contributed by atoms with van der Waals surface area (Å²) in [6.07, 6.45) is -0.312. The zero-order chi connectivity index (χ0) is 21.8. The number of nitrogens with zero attached hydrogens (tertiary/aromatic N) is 2. The first-order chi connectivity index (χ1) is 15.0. The van der Waals surface area contributed by atoms with Crippen LogP contribution in [0.3, 0.4) is 0 Å². The molecule has 0 radical (unpaired) electrons. The van der Waals surface area contributed by atoms with Gasteiger partial charge in [0.1, 0.15) is 6.10 Å². The molecule has 2 unspecified atom stereocenters. The van der Waals surface area contributed by atoms with Crippen molar-refractivity contribution in [1.82, 2.24) is 15.4 Å². The van der Waals surface area contributed by atoms with Gasteiger partial charge in [-0.2, -0.15) is 0 Å². The number of hydrogen-bond acceptors (Lipinski definition) is 5. The molecule has 4 rings (SSSR count). The van der Waals surface area contributed by atoms with Crippen LogP contribution in [0.25, 0.3) is 11.3 Å². The summed E-state index contributed by atoms with van der Waals surface area (Å²) in [6.45, 7) is 2.51. The second-order valence-electron chi connectivity index (χ2n) is 7.36. The molecule has 0 bridgehead atoms. The number of hydrogen-bond donors (Lipinski definition) is 1. The highest BCUT2D eigenvalue weighted by Crippen LogP contribution is 2.30. The molecular weight excluding hydrogens is 418 g/mol. The standard InChI is InChI=1S/C23H22ClN3O4/c1-15-14-30-21(17-9-5-6-10-18(17)24)13-27(15)22(28)12-25-23(29)19-11-20(31-26-19)16-7-3-2-4-8-16/h2-11,15,21H,12-14H2,1H3,(H,25,29). The number of aromatic nitrogens is 1. The summed E-state index contributed by atoms with van der Waals surface area (Å²) in [5, 5.41) is 7.04. The average molecular weight is 440 g/mol. The molecule has 1 saturated heterocycles. The van der Waals surface area contributed by atoms with Gasteiger partial charge >= 0.3 is 0 Å². The van der Waals surface area contributed by atoms with E-state index in [-0.39, 0.29) is 30.3 Å². The van der Waals surface area contributed by atoms with E-state index in [4.69, 9.17) is 20.9 Å². The van der Waals surface area contributed by atoms with Crippen LogP contribution in [0.1, 0.15) is 29.1 Å². The van der Waals surface area contributed by atoms with Crippen LogP contribution in [0.5, 0.6) is 0 Å². The van der Waals surface area contributed by atoms with Crippen LogP contribution in [0.15, 0.2) is 65.2 Å². The van der Waals surface area contributed by atoms with Gasteiger partial charge in [0.25, 0.3) is 5.91 Å². The van der Waals surface area contributed by atoms with E-state index in [9.17, 15) is 9.59 Å². The Morgan fingerprint density at radius 2 is 1.90 bits per heavy atom. The lowest BCUT2D eigenvalue weighted by Gasteiger charge is -2.38. The first kappa shape index (κ1) is 21.1. The molecule has 31 heavy (non-hydrogen) atoms. The maximum absolute atomic E-state index is 12.8. The predicted octanol–water partition coefficient (Wildman–Crippen LogP) is 3.71. The van der Waals surface area contributed by atoms with Gasteiger partial charge in [0, 0.05) is 22.2 Å². The van der Waals surface area contributed by atoms with Gasteiger partial charge in [0.05, 0.1) is 25.7 Å². The number of halogens is 1. The molecule has 0 aliphatic carbocycles. The summed E-state index contributed by atoms with van der Waals surface area (Å²) in [4.78, 5) is 27.0. The van der Waals surface area contributed by atoms with E-state index in [0.29, 0.717) is 23.9 Å². The second kappa shape index (κ2) is 9.32. The molecule has 2 heterocycles. The monoisotopic (exact) mass is 439 g/mol. The van der Waals surface area contributed by atoms with E-state index < -0.39 is 5.91 Å². The zero-order valence-electron chi connectivity index (χ0n) is 17.0. The average Bonchev–Trinajstić information content (AvgIpc) is 3.29. The van der Waals surface area contributed by atoms with Crippen molar-refractivity contribution in [2.45, 2.75) is 19.1 Å². The van der Waals surface area contributed by atoms with Gasteiger partial charge in [-0.3, -0.25) is 9.59 Å². The first-order valence-electron chi connectivity index (χ1n) is 9.98. The molecular formula is C23H22ClN3O4. The van der Waals surface area contributed by atoms with Crippen molar-refractivity contribution >= 4 is 23.4 Å². The SMILES string of the molecule is CC1COC(c2ccccc2Cl)CN1C(=O)CNC(=O)c1cc(-c2ccccc2)on1. The number of morpholine rings is 1. The Labute approximate surface area is 184 Å². The second-order valence-corrected chi connectivity index (χ2v) is 7.77. The normalized spacial score (nSPS) is 18.6. The highest BCUT2D eigenvalue weighted by atomic mass is 35.5. The Kier molecular flexibility index (Phi) is 6.34. The van der Waals surface area contributed by atoms with E-state index in [2.05, 4.69) is 10.5 Å². The van der Waals surface area contributed by atoms with Gasteiger partial charge in [0.15, 0.2) is 11.5 Å². The molecule has 2 atom stereocenters. The number of carbonyl (C=O) groups excluding carboxylic acids is 2. The molecule has 1 aliphatic heterocycles. The Morgan fingerprint density at radius 1 is 1.16 bits per heavy atom. The molecule has 1 aliphatic rings. The Hall–Kier alpha value is -3.16. The van der Waals surface area contributed by atoms with E-state index >= 15 is 0 Å². The predicted molar refractivity (Wildman–Crippen MR) is 116 cm³/mol. The molecule has 160 valence electrons. The van der Waals surface area contributed by atoms with Gasteiger partial charge in [-0.15, -0.1) is 0 Å². The molecule has 2 aromatic carbocycles. The third kappa shape index (κ3) is 4.78. The highest BCUT2D eigenvalue weighted by molar-refractivity contribution is 6.31. The van der Waals surface area contributed by atoms with Crippen molar-refractivity contribution in [3.63, 3.8) is 0 Å². The maximum Gasteiger partial charge on any atom is 0.273 e. The smallest absolute Gasteiger partial charge is 0.273 e. The highest BCUT2D eigenvalue weighted by Gasteiger charge is 2.31. The number of nitrogens with one attached hydrogen (secondary N) is 1. The van der Waals surface area contributed by atoms with Crippen LogP contribution in [0.4, 0.5) is 0 Å². The molecule has 1 aromatic heterocycles. The van der Waals surface area contributed by atoms with Crippen molar-refractivity contribution < 1.29 is 18.8 Å². The van der Waals surface area contributed by atoms with E-state index in [1.807, 2.05) is 55.5 Å². The van der Waals surface area contributed by atoms with Crippen LogP contribution >= 0.6 is 11.6 Å². The van der Waals surface area contributed by atoms with Crippen LogP contribution in [0, 0.1) is 0 Å². The van der Waals surface area contributed by atoms with E-state index in [1.54, 1.807) is 17.0 Å². The minimum Gasteiger partial charge on any atom is -0.369 e. The molecule has 7 nitrogen and oxygen atoms in total. The van der Waals surface area contributed by atoms with Crippen molar-refractivity contribution in [1.29, 1.82) is 0 Å². The lowest BCUT2D eigenvalue weighted by Crippen LogP contribution is -2.51. The van der Waals surface area contributed by atoms with Crippen LogP contribution in [0.2, 0.25) is 5.02 Å². The quantitative estimate of drug-likeness (QED) is 0.655. The Balaban J connectivity index is 1.37. The number of rotatable bonds is 5. The number of ether oxygens (including phenoxy) is 1. The van der Waals surface area contributed by atoms with Crippen molar-refractivity contribution in [2.24, 2.45) is 0 Å². The molecule has 3 aromatic rings. The molecule has 0 saturated carbocycles. The molecule has 0 spiro atoms. The van der Waals surface area contributed by atoms with Crippen molar-refractivity contribution in [3.8, 4) is 11.3 Å². The molecule has 1 fully saturated rings. The van der Waals surface area contributed by atoms with Gasteiger partial charge < -0.3 is 19.5 Å². The first-order valence-corrected chi connectivity index (χ1v) is 10.4. The largest absolute Gasteiger partial charge is 0.369 e. The third-order valence-corrected chi connectivity index (χ3v) is 5.55. The summed E-state index contributed by atoms with van der Waals surface area (Å²) < 4.78 is 11.1. The maximum atomic E-state index is 12.8. The third-order valence-electron chi connectivity index (χ3n) is 5.21. The fourth-order valence-electron chi connectivity index (χ4n) is 3.50. The lowest BCUT2D eigenvalue weighted by molar-refractivity contribution is -0.143. The van der Waals surface area contributed by atoms with Crippen molar-refractivity contribution in [2.75, 3.05) is 19.7 Å². The summed E-state index contributed by atoms with van der Waals surface area (Å²) >= 11 is 6.28. The van der Waals surface area contributed by atoms with Crippen LogP contribution in [-0.2, 0) is 9.53 Å². The van der Waals surface area contributed by atoms with Gasteiger partial charge in [-0.1, -0.05) is 65.3 Å². The summed E-state index contributed by atoms with van der Waals surface area (Å²) in [5.74, 6) is -0.183.